The quantitative estimate of drug-likeness (QED) is 0.0890. The van der Waals surface area contributed by atoms with E-state index in [-0.39, 0.29) is 17.9 Å². The van der Waals surface area contributed by atoms with Gasteiger partial charge in [0, 0.05) is 37.2 Å². The van der Waals surface area contributed by atoms with Crippen molar-refractivity contribution in [1.29, 1.82) is 0 Å². The van der Waals surface area contributed by atoms with Gasteiger partial charge in [0.25, 0.3) is 5.91 Å². The molecule has 0 saturated carbocycles. The van der Waals surface area contributed by atoms with Crippen LogP contribution < -0.4 is 26.0 Å². The number of carbonyl (C=O) groups excluding carboxylic acids is 2. The molecule has 2 heterocycles. The third kappa shape index (κ3) is 9.48. The van der Waals surface area contributed by atoms with Gasteiger partial charge in [-0.2, -0.15) is 0 Å². The number of hydrogen-bond donors (Lipinski definition) is 5. The molecule has 2 amide bonds. The molecule has 5 N–H and O–H groups in total. The zero-order valence-electron chi connectivity index (χ0n) is 27.0. The topological polar surface area (TPSA) is 133 Å². The second-order valence-corrected chi connectivity index (χ2v) is 11.4. The van der Waals surface area contributed by atoms with Gasteiger partial charge in [0.15, 0.2) is 0 Å². The Morgan fingerprint density at radius 1 is 0.851 bits per heavy atom. The maximum Gasteiger partial charge on any atom is 0.251 e. The number of aromatic nitrogens is 3. The van der Waals surface area contributed by atoms with Gasteiger partial charge in [0.05, 0.1) is 24.9 Å². The molecule has 0 spiro atoms. The first-order chi connectivity index (χ1) is 23.0. The number of imidazole rings is 1. The fraction of sp³-hybridized carbons (Fsp3) is 0.297. The molecule has 10 nitrogen and oxygen atoms in total. The average Bonchev–Trinajstić information content (AvgIpc) is 3.62. The first-order valence-electron chi connectivity index (χ1n) is 16.2. The van der Waals surface area contributed by atoms with Crippen molar-refractivity contribution in [3.8, 4) is 5.75 Å². The van der Waals surface area contributed by atoms with Crippen molar-refractivity contribution < 1.29 is 14.3 Å². The second-order valence-electron chi connectivity index (χ2n) is 11.4. The number of carbonyl (C=O) groups is 2. The predicted molar refractivity (Wildman–Crippen MR) is 184 cm³/mol. The number of nitrogens with one attached hydrogen (secondary N) is 5. The highest BCUT2D eigenvalue weighted by Crippen LogP contribution is 2.24. The minimum Gasteiger partial charge on any atom is -0.492 e. The van der Waals surface area contributed by atoms with E-state index >= 15 is 0 Å². The van der Waals surface area contributed by atoms with Crippen LogP contribution in [0.2, 0.25) is 0 Å². The normalized spacial score (nSPS) is 12.4. The van der Waals surface area contributed by atoms with E-state index in [2.05, 4.69) is 54.4 Å². The van der Waals surface area contributed by atoms with Gasteiger partial charge >= 0.3 is 0 Å². The minimum atomic E-state index is -0.717. The van der Waals surface area contributed by atoms with Crippen molar-refractivity contribution in [3.05, 3.63) is 126 Å². The molecule has 5 rings (SSSR count). The van der Waals surface area contributed by atoms with Crippen molar-refractivity contribution in [2.45, 2.75) is 58.4 Å². The van der Waals surface area contributed by atoms with Crippen molar-refractivity contribution in [1.82, 2.24) is 36.2 Å². The van der Waals surface area contributed by atoms with Gasteiger partial charge in [0.2, 0.25) is 5.91 Å². The van der Waals surface area contributed by atoms with Crippen LogP contribution in [-0.4, -0.2) is 46.0 Å². The first-order valence-corrected chi connectivity index (χ1v) is 16.2. The zero-order valence-corrected chi connectivity index (χ0v) is 27.0. The molecule has 0 bridgehead atoms. The van der Waals surface area contributed by atoms with Crippen LogP contribution in [0.4, 0.5) is 0 Å². The Hall–Kier alpha value is -5.06. The summed E-state index contributed by atoms with van der Waals surface area (Å²) in [6.07, 6.45) is 6.38. The van der Waals surface area contributed by atoms with Crippen LogP contribution in [0, 0.1) is 0 Å². The van der Waals surface area contributed by atoms with E-state index < -0.39 is 6.04 Å². The summed E-state index contributed by atoms with van der Waals surface area (Å²) in [7, 11) is 0. The number of nitrogens with zero attached hydrogens (tertiary/aromatic N) is 2. The lowest BCUT2D eigenvalue weighted by Crippen LogP contribution is -2.47. The molecule has 47 heavy (non-hydrogen) atoms. The molecule has 10 heteroatoms. The van der Waals surface area contributed by atoms with E-state index in [9.17, 15) is 9.59 Å². The van der Waals surface area contributed by atoms with E-state index in [0.717, 1.165) is 39.2 Å². The fourth-order valence-corrected chi connectivity index (χ4v) is 5.50. The van der Waals surface area contributed by atoms with E-state index in [1.807, 2.05) is 62.4 Å². The summed E-state index contributed by atoms with van der Waals surface area (Å²) in [5, 5.41) is 15.1. The van der Waals surface area contributed by atoms with Gasteiger partial charge < -0.3 is 31.0 Å². The SMILES string of the molecule is CCOc1cccnc1CNCCC[C@H](NC(=O)c1ccc(CNCc2ncc[nH]2)cc1)C(=O)NC(C)c1cccc2ccccc12. The predicted octanol–water partition coefficient (Wildman–Crippen LogP) is 5.19. The lowest BCUT2D eigenvalue weighted by molar-refractivity contribution is -0.123. The van der Waals surface area contributed by atoms with Gasteiger partial charge in [-0.15, -0.1) is 0 Å². The Morgan fingerprint density at radius 3 is 2.49 bits per heavy atom. The van der Waals surface area contributed by atoms with Crippen LogP contribution >= 0.6 is 0 Å². The maximum atomic E-state index is 13.7. The molecule has 0 saturated heterocycles. The molecular weight excluding hydrogens is 590 g/mol. The van der Waals surface area contributed by atoms with Gasteiger partial charge in [-0.25, -0.2) is 4.98 Å². The Kier molecular flexibility index (Phi) is 12.1. The van der Waals surface area contributed by atoms with Gasteiger partial charge in [-0.1, -0.05) is 54.6 Å². The number of fused-ring (bicyclic) bond motifs is 1. The molecule has 1 unspecified atom stereocenters. The molecule has 2 atom stereocenters. The molecule has 0 radical (unpaired) electrons. The van der Waals surface area contributed by atoms with Crippen LogP contribution in [0.25, 0.3) is 10.8 Å². The van der Waals surface area contributed by atoms with Crippen molar-refractivity contribution in [2.75, 3.05) is 13.2 Å². The third-order valence-electron chi connectivity index (χ3n) is 7.95. The van der Waals surface area contributed by atoms with Crippen LogP contribution in [0.5, 0.6) is 5.75 Å². The second kappa shape index (κ2) is 17.0. The van der Waals surface area contributed by atoms with Crippen LogP contribution in [0.15, 0.2) is 97.5 Å². The van der Waals surface area contributed by atoms with Gasteiger partial charge in [-0.05, 0) is 79.4 Å². The summed E-state index contributed by atoms with van der Waals surface area (Å²) in [5.41, 5.74) is 3.40. The molecule has 244 valence electrons. The van der Waals surface area contributed by atoms with Crippen molar-refractivity contribution in [3.63, 3.8) is 0 Å². The molecular formula is C37H43N7O3. The molecule has 0 aliphatic rings. The smallest absolute Gasteiger partial charge is 0.251 e. The minimum absolute atomic E-state index is 0.221. The highest BCUT2D eigenvalue weighted by Gasteiger charge is 2.23. The summed E-state index contributed by atoms with van der Waals surface area (Å²) in [6, 6.07) is 24.4. The third-order valence-corrected chi connectivity index (χ3v) is 7.95. The lowest BCUT2D eigenvalue weighted by atomic mass is 9.99. The van der Waals surface area contributed by atoms with Crippen LogP contribution in [0.1, 0.15) is 65.7 Å². The fourth-order valence-electron chi connectivity index (χ4n) is 5.50. The molecule has 0 fully saturated rings. The first kappa shape index (κ1) is 33.3. The van der Waals surface area contributed by atoms with E-state index in [1.54, 1.807) is 30.7 Å². The number of amides is 2. The molecule has 0 aliphatic carbocycles. The summed E-state index contributed by atoms with van der Waals surface area (Å²) in [4.78, 5) is 38.8. The summed E-state index contributed by atoms with van der Waals surface area (Å²) in [6.45, 7) is 6.92. The van der Waals surface area contributed by atoms with Crippen molar-refractivity contribution in [2.24, 2.45) is 0 Å². The monoisotopic (exact) mass is 633 g/mol. The summed E-state index contributed by atoms with van der Waals surface area (Å²) < 4.78 is 5.68. The molecule has 5 aromatic rings. The number of aromatic amines is 1. The number of rotatable bonds is 17. The molecule has 0 aliphatic heterocycles. The largest absolute Gasteiger partial charge is 0.492 e. The Labute approximate surface area is 275 Å². The van der Waals surface area contributed by atoms with Crippen LogP contribution in [0.3, 0.4) is 0 Å². The molecule has 3 aromatic carbocycles. The van der Waals surface area contributed by atoms with Gasteiger partial charge in [0.1, 0.15) is 17.6 Å². The number of benzene rings is 3. The Bertz CT molecular complexity index is 1720. The number of hydrogen-bond acceptors (Lipinski definition) is 7. The van der Waals surface area contributed by atoms with E-state index in [4.69, 9.17) is 4.74 Å². The lowest BCUT2D eigenvalue weighted by Gasteiger charge is -2.23. The van der Waals surface area contributed by atoms with E-state index in [1.165, 1.54) is 0 Å². The van der Waals surface area contributed by atoms with E-state index in [0.29, 0.717) is 51.2 Å². The highest BCUT2D eigenvalue weighted by molar-refractivity contribution is 5.97. The zero-order chi connectivity index (χ0) is 32.8. The Morgan fingerprint density at radius 2 is 1.68 bits per heavy atom. The van der Waals surface area contributed by atoms with Crippen molar-refractivity contribution >= 4 is 22.6 Å². The summed E-state index contributed by atoms with van der Waals surface area (Å²) in [5.74, 6) is 1.11. The number of ether oxygens (including phenoxy) is 1. The number of H-pyrrole nitrogens is 1. The number of pyridine rings is 1. The van der Waals surface area contributed by atoms with Gasteiger partial charge in [-0.3, -0.25) is 14.6 Å². The highest BCUT2D eigenvalue weighted by atomic mass is 16.5. The summed E-state index contributed by atoms with van der Waals surface area (Å²) >= 11 is 0. The average molecular weight is 634 g/mol. The Balaban J connectivity index is 1.21. The van der Waals surface area contributed by atoms with Crippen LogP contribution in [-0.2, 0) is 24.4 Å². The molecule has 2 aromatic heterocycles. The maximum absolute atomic E-state index is 13.7. The standard InChI is InChI=1S/C37H43N7O3/c1-3-47-34-14-8-20-40-33(34)24-38-19-7-13-32(37(46)43-26(2)30-12-6-10-28-9-4-5-11-31(28)30)44-36(45)29-17-15-27(16-18-29)23-39-25-35-41-21-22-42-35/h4-6,8-12,14-18,20-22,26,32,38-39H,3,7,13,19,23-25H2,1-2H3,(H,41,42)(H,43,46)(H,44,45)/t26?,32-/m0/s1.